The average molecular weight is 312 g/mol. The van der Waals surface area contributed by atoms with E-state index < -0.39 is 42.6 Å². The van der Waals surface area contributed by atoms with Gasteiger partial charge in [-0.15, -0.1) is 0 Å². The van der Waals surface area contributed by atoms with Crippen LogP contribution in [0.3, 0.4) is 0 Å². The van der Waals surface area contributed by atoms with Gasteiger partial charge in [-0.25, -0.2) is 4.79 Å². The topological polar surface area (TPSA) is 123 Å². The highest BCUT2D eigenvalue weighted by molar-refractivity contribution is 5.19. The molecule has 0 saturated carbocycles. The third kappa shape index (κ3) is 2.23. The fraction of sp³-hybridized carbons (Fsp3) is 0.538. The lowest BCUT2D eigenvalue weighted by Crippen LogP contribution is -2.38. The Balaban J connectivity index is 2.05. The predicted octanol–water partition coefficient (Wildman–Crippen LogP) is -1.09. The van der Waals surface area contributed by atoms with Crippen molar-refractivity contribution < 1.29 is 24.4 Å². The molecule has 0 bridgehead atoms. The third-order valence-corrected chi connectivity index (χ3v) is 3.45. The summed E-state index contributed by atoms with van der Waals surface area (Å²) in [7, 11) is 0. The number of ether oxygens (including phenoxy) is 3. The molecule has 0 spiro atoms. The van der Waals surface area contributed by atoms with Crippen molar-refractivity contribution >= 4 is 0 Å². The summed E-state index contributed by atoms with van der Waals surface area (Å²) in [5.74, 6) is -0.431. The molecule has 0 aromatic carbocycles. The minimum Gasteiger partial charge on any atom is -0.465 e. The Morgan fingerprint density at radius 1 is 1.32 bits per heavy atom. The quantitative estimate of drug-likeness (QED) is 0.648. The van der Waals surface area contributed by atoms with Crippen molar-refractivity contribution in [1.82, 2.24) is 9.55 Å². The number of aliphatic hydroxyl groups excluding tert-OH is 2. The van der Waals surface area contributed by atoms with E-state index in [-0.39, 0.29) is 11.3 Å². The fourth-order valence-electron chi connectivity index (χ4n) is 2.52. The van der Waals surface area contributed by atoms with E-state index in [0.29, 0.717) is 5.76 Å². The van der Waals surface area contributed by atoms with Crippen molar-refractivity contribution in [3.05, 3.63) is 44.1 Å². The zero-order chi connectivity index (χ0) is 16.1. The molecule has 2 aliphatic rings. The maximum Gasteiger partial charge on any atom is 0.331 e. The Hall–Kier alpha value is -2.10. The Kier molecular flexibility index (Phi) is 3.35. The smallest absolute Gasteiger partial charge is 0.331 e. The van der Waals surface area contributed by atoms with Crippen LogP contribution in [0.2, 0.25) is 0 Å². The minimum atomic E-state index is -0.937. The second-order valence-electron chi connectivity index (χ2n) is 5.47. The first-order valence-electron chi connectivity index (χ1n) is 6.69. The van der Waals surface area contributed by atoms with Gasteiger partial charge in [0, 0.05) is 20.0 Å². The molecule has 0 amide bonds. The molecule has 1 fully saturated rings. The van der Waals surface area contributed by atoms with Gasteiger partial charge in [0.05, 0.1) is 12.2 Å². The third-order valence-electron chi connectivity index (χ3n) is 3.45. The molecule has 22 heavy (non-hydrogen) atoms. The number of hydrogen-bond donors (Lipinski definition) is 3. The van der Waals surface area contributed by atoms with E-state index in [9.17, 15) is 14.7 Å². The summed E-state index contributed by atoms with van der Waals surface area (Å²) < 4.78 is 17.9. The van der Waals surface area contributed by atoms with Gasteiger partial charge in [0.1, 0.15) is 6.61 Å². The van der Waals surface area contributed by atoms with Crippen LogP contribution in [0.4, 0.5) is 0 Å². The molecule has 9 nitrogen and oxygen atoms in total. The SMILES string of the molecule is CC1(C)OC2=C(CO)O[C@@H](n3cc(CO)c(=O)[nH]c3=O)C2O1. The monoisotopic (exact) mass is 312 g/mol. The molecular formula is C13H16N2O7. The number of fused-ring (bicyclic) bond motifs is 1. The molecule has 120 valence electrons. The van der Waals surface area contributed by atoms with Crippen LogP contribution in [0, 0.1) is 0 Å². The van der Waals surface area contributed by atoms with Crippen LogP contribution in [0.15, 0.2) is 27.3 Å². The largest absolute Gasteiger partial charge is 0.465 e. The Labute approximate surface area is 124 Å². The van der Waals surface area contributed by atoms with E-state index in [1.165, 1.54) is 6.20 Å². The van der Waals surface area contributed by atoms with E-state index in [1.54, 1.807) is 13.8 Å². The molecule has 0 aliphatic carbocycles. The molecule has 1 aromatic heterocycles. The average Bonchev–Trinajstić information content (AvgIpc) is 2.92. The van der Waals surface area contributed by atoms with Crippen LogP contribution >= 0.6 is 0 Å². The van der Waals surface area contributed by atoms with E-state index in [0.717, 1.165) is 4.57 Å². The van der Waals surface area contributed by atoms with Crippen LogP contribution in [-0.2, 0) is 20.8 Å². The van der Waals surface area contributed by atoms with Gasteiger partial charge in [-0.2, -0.15) is 0 Å². The van der Waals surface area contributed by atoms with Crippen molar-refractivity contribution in [2.24, 2.45) is 0 Å². The zero-order valence-corrected chi connectivity index (χ0v) is 12.0. The van der Waals surface area contributed by atoms with Crippen molar-refractivity contribution in [3.8, 4) is 0 Å². The Morgan fingerprint density at radius 2 is 2.05 bits per heavy atom. The Bertz CT molecular complexity index is 745. The lowest BCUT2D eigenvalue weighted by atomic mass is 10.2. The van der Waals surface area contributed by atoms with Crippen molar-refractivity contribution in [2.45, 2.75) is 38.6 Å². The van der Waals surface area contributed by atoms with Crippen LogP contribution < -0.4 is 11.2 Å². The van der Waals surface area contributed by atoms with Gasteiger partial charge in [0.25, 0.3) is 5.56 Å². The standard InChI is InChI=1S/C13H16N2O7/c1-13(2)21-8-7(5-17)20-11(9(8)22-13)15-3-6(4-16)10(18)14-12(15)19/h3,9,11,16-17H,4-5H2,1-2H3,(H,14,18,19)/t9?,11-/m1/s1. The second kappa shape index (κ2) is 4.97. The first-order chi connectivity index (χ1) is 10.4. The molecule has 0 radical (unpaired) electrons. The maximum atomic E-state index is 12.0. The van der Waals surface area contributed by atoms with Gasteiger partial charge in [-0.1, -0.05) is 0 Å². The molecule has 3 heterocycles. The van der Waals surface area contributed by atoms with E-state index in [1.807, 2.05) is 0 Å². The zero-order valence-electron chi connectivity index (χ0n) is 12.0. The van der Waals surface area contributed by atoms with E-state index in [2.05, 4.69) is 4.98 Å². The van der Waals surface area contributed by atoms with Crippen LogP contribution in [0.25, 0.3) is 0 Å². The summed E-state index contributed by atoms with van der Waals surface area (Å²) >= 11 is 0. The first-order valence-corrected chi connectivity index (χ1v) is 6.69. The van der Waals surface area contributed by atoms with E-state index >= 15 is 0 Å². The summed E-state index contributed by atoms with van der Waals surface area (Å²) in [5, 5.41) is 18.5. The molecule has 1 aromatic rings. The van der Waals surface area contributed by atoms with Crippen molar-refractivity contribution in [2.75, 3.05) is 6.61 Å². The van der Waals surface area contributed by atoms with Gasteiger partial charge in [-0.3, -0.25) is 14.3 Å². The number of aromatic amines is 1. The molecule has 3 N–H and O–H groups in total. The van der Waals surface area contributed by atoms with Gasteiger partial charge < -0.3 is 24.4 Å². The molecule has 2 aliphatic heterocycles. The van der Waals surface area contributed by atoms with Crippen molar-refractivity contribution in [3.63, 3.8) is 0 Å². The summed E-state index contributed by atoms with van der Waals surface area (Å²) in [6.45, 7) is 2.45. The van der Waals surface area contributed by atoms with Gasteiger partial charge in [0.15, 0.2) is 17.6 Å². The normalized spacial score (nSPS) is 25.8. The summed E-state index contributed by atoms with van der Waals surface area (Å²) in [6.07, 6.45) is -0.459. The van der Waals surface area contributed by atoms with Gasteiger partial charge in [-0.05, 0) is 0 Å². The molecule has 2 atom stereocenters. The number of hydrogen-bond acceptors (Lipinski definition) is 7. The summed E-state index contributed by atoms with van der Waals surface area (Å²) in [4.78, 5) is 25.6. The summed E-state index contributed by atoms with van der Waals surface area (Å²) in [6, 6.07) is 0. The first kappa shape index (κ1) is 14.8. The lowest BCUT2D eigenvalue weighted by molar-refractivity contribution is -0.166. The van der Waals surface area contributed by atoms with Crippen LogP contribution in [0.5, 0.6) is 0 Å². The number of rotatable bonds is 3. The Morgan fingerprint density at radius 3 is 2.68 bits per heavy atom. The maximum absolute atomic E-state index is 12.0. The lowest BCUT2D eigenvalue weighted by Gasteiger charge is -2.23. The second-order valence-corrected chi connectivity index (χ2v) is 5.47. The van der Waals surface area contributed by atoms with Gasteiger partial charge >= 0.3 is 5.69 Å². The molecule has 1 saturated heterocycles. The number of aromatic nitrogens is 2. The minimum absolute atomic E-state index is 0.0142. The van der Waals surface area contributed by atoms with Gasteiger partial charge in [0.2, 0.25) is 12.0 Å². The molecule has 1 unspecified atom stereocenters. The number of nitrogens with one attached hydrogen (secondary N) is 1. The number of nitrogens with zero attached hydrogens (tertiary/aromatic N) is 1. The predicted molar refractivity (Wildman–Crippen MR) is 71.5 cm³/mol. The highest BCUT2D eigenvalue weighted by Crippen LogP contribution is 2.44. The molecule has 9 heteroatoms. The fourth-order valence-corrected chi connectivity index (χ4v) is 2.52. The van der Waals surface area contributed by atoms with Crippen molar-refractivity contribution in [1.29, 1.82) is 0 Å². The summed E-state index contributed by atoms with van der Waals surface area (Å²) in [5.41, 5.74) is -1.36. The molecular weight excluding hydrogens is 296 g/mol. The molecule has 3 rings (SSSR count). The highest BCUT2D eigenvalue weighted by atomic mass is 16.8. The number of aliphatic hydroxyl groups is 2. The van der Waals surface area contributed by atoms with Crippen LogP contribution in [-0.4, -0.2) is 38.3 Å². The van der Waals surface area contributed by atoms with Crippen LogP contribution in [0.1, 0.15) is 25.6 Å². The highest BCUT2D eigenvalue weighted by Gasteiger charge is 2.51. The number of H-pyrrole nitrogens is 1. The van der Waals surface area contributed by atoms with E-state index in [4.69, 9.17) is 19.3 Å².